The first kappa shape index (κ1) is 12.2. The Bertz CT molecular complexity index is 385. The van der Waals surface area contributed by atoms with Crippen molar-refractivity contribution < 1.29 is 0 Å². The minimum absolute atomic E-state index is 0.118. The van der Waals surface area contributed by atoms with Gasteiger partial charge in [0.05, 0.1) is 5.54 Å². The van der Waals surface area contributed by atoms with Crippen LogP contribution in [0.2, 0.25) is 0 Å². The summed E-state index contributed by atoms with van der Waals surface area (Å²) in [6.45, 7) is 7.20. The molecule has 98 valence electrons. The number of benzene rings is 1. The first-order valence-electron chi connectivity index (χ1n) is 7.29. The lowest BCUT2D eigenvalue weighted by atomic mass is 9.91. The van der Waals surface area contributed by atoms with Crippen molar-refractivity contribution in [3.05, 3.63) is 35.9 Å². The van der Waals surface area contributed by atoms with Crippen molar-refractivity contribution in [1.29, 1.82) is 0 Å². The zero-order valence-electron chi connectivity index (χ0n) is 11.4. The van der Waals surface area contributed by atoms with E-state index in [0.29, 0.717) is 0 Å². The molecule has 1 aliphatic heterocycles. The lowest BCUT2D eigenvalue weighted by Crippen LogP contribution is -2.46. The first-order valence-corrected chi connectivity index (χ1v) is 7.29. The second-order valence-electron chi connectivity index (χ2n) is 6.16. The largest absolute Gasteiger partial charge is 0.307 e. The first-order chi connectivity index (χ1) is 8.76. The summed E-state index contributed by atoms with van der Waals surface area (Å²) in [4.78, 5) is 2.67. The summed E-state index contributed by atoms with van der Waals surface area (Å²) < 4.78 is 0. The summed E-state index contributed by atoms with van der Waals surface area (Å²) >= 11 is 0. The molecule has 0 spiro atoms. The summed E-state index contributed by atoms with van der Waals surface area (Å²) in [6, 6.07) is 10.9. The van der Waals surface area contributed by atoms with Crippen molar-refractivity contribution in [1.82, 2.24) is 10.2 Å². The van der Waals surface area contributed by atoms with Gasteiger partial charge < -0.3 is 10.2 Å². The second-order valence-corrected chi connectivity index (χ2v) is 6.16. The zero-order valence-corrected chi connectivity index (χ0v) is 11.4. The maximum absolute atomic E-state index is 3.76. The minimum Gasteiger partial charge on any atom is -0.307 e. The summed E-state index contributed by atoms with van der Waals surface area (Å²) in [7, 11) is 0. The summed E-state index contributed by atoms with van der Waals surface area (Å²) in [5, 5.41) is 3.76. The maximum atomic E-state index is 3.76. The Labute approximate surface area is 110 Å². The molecule has 3 rings (SSSR count). The van der Waals surface area contributed by atoms with Gasteiger partial charge in [0.15, 0.2) is 0 Å². The van der Waals surface area contributed by atoms with Crippen LogP contribution in [0, 0.1) is 5.92 Å². The monoisotopic (exact) mass is 244 g/mol. The van der Waals surface area contributed by atoms with Crippen LogP contribution in [-0.2, 0) is 5.54 Å². The van der Waals surface area contributed by atoms with Gasteiger partial charge in [0.2, 0.25) is 0 Å². The van der Waals surface area contributed by atoms with Gasteiger partial charge in [0.1, 0.15) is 0 Å². The SMILES string of the molecule is CC1(c2ccccc2)CN(CC2CC2)CCCN1. The van der Waals surface area contributed by atoms with Crippen LogP contribution in [0.3, 0.4) is 0 Å². The van der Waals surface area contributed by atoms with E-state index in [0.717, 1.165) is 19.0 Å². The molecule has 1 aliphatic carbocycles. The maximum Gasteiger partial charge on any atom is 0.0534 e. The Balaban J connectivity index is 1.76. The fourth-order valence-corrected chi connectivity index (χ4v) is 3.07. The van der Waals surface area contributed by atoms with Gasteiger partial charge in [-0.2, -0.15) is 0 Å². The topological polar surface area (TPSA) is 15.3 Å². The Morgan fingerprint density at radius 2 is 2.06 bits per heavy atom. The van der Waals surface area contributed by atoms with Crippen molar-refractivity contribution in [2.45, 2.75) is 31.7 Å². The quantitative estimate of drug-likeness (QED) is 0.879. The molecule has 18 heavy (non-hydrogen) atoms. The van der Waals surface area contributed by atoms with Crippen LogP contribution in [0.5, 0.6) is 0 Å². The Morgan fingerprint density at radius 3 is 2.78 bits per heavy atom. The number of hydrogen-bond donors (Lipinski definition) is 1. The van der Waals surface area contributed by atoms with Gasteiger partial charge in [-0.1, -0.05) is 30.3 Å². The molecule has 1 aromatic carbocycles. The normalized spacial score (nSPS) is 30.1. The van der Waals surface area contributed by atoms with Crippen LogP contribution in [-0.4, -0.2) is 31.1 Å². The molecule has 2 heteroatoms. The van der Waals surface area contributed by atoms with Gasteiger partial charge in [-0.15, -0.1) is 0 Å². The Hall–Kier alpha value is -0.860. The zero-order chi connectivity index (χ0) is 12.4. The fraction of sp³-hybridized carbons (Fsp3) is 0.625. The van der Waals surface area contributed by atoms with Crippen molar-refractivity contribution in [2.75, 3.05) is 26.2 Å². The molecule has 0 amide bonds. The van der Waals surface area contributed by atoms with Crippen LogP contribution in [0.25, 0.3) is 0 Å². The van der Waals surface area contributed by atoms with E-state index in [1.54, 1.807) is 0 Å². The Morgan fingerprint density at radius 1 is 1.28 bits per heavy atom. The average Bonchev–Trinajstić information content (AvgIpc) is 3.20. The molecule has 0 aromatic heterocycles. The van der Waals surface area contributed by atoms with Gasteiger partial charge in [-0.3, -0.25) is 0 Å². The molecule has 0 radical (unpaired) electrons. The summed E-state index contributed by atoms with van der Waals surface area (Å²) in [6.07, 6.45) is 4.17. The average molecular weight is 244 g/mol. The number of rotatable bonds is 3. The van der Waals surface area contributed by atoms with Crippen LogP contribution in [0.1, 0.15) is 31.7 Å². The highest BCUT2D eigenvalue weighted by Gasteiger charge is 2.33. The van der Waals surface area contributed by atoms with E-state index < -0.39 is 0 Å². The van der Waals surface area contributed by atoms with Crippen LogP contribution < -0.4 is 5.32 Å². The summed E-state index contributed by atoms with van der Waals surface area (Å²) in [5.74, 6) is 0.989. The molecular weight excluding hydrogens is 220 g/mol. The predicted octanol–water partition coefficient (Wildman–Crippen LogP) is 2.61. The number of hydrogen-bond acceptors (Lipinski definition) is 2. The molecule has 1 atom stereocenters. The van der Waals surface area contributed by atoms with Gasteiger partial charge in [-0.25, -0.2) is 0 Å². The molecule has 1 heterocycles. The van der Waals surface area contributed by atoms with Gasteiger partial charge in [0.25, 0.3) is 0 Å². The van der Waals surface area contributed by atoms with Crippen LogP contribution >= 0.6 is 0 Å². The third-order valence-electron chi connectivity index (χ3n) is 4.33. The highest BCUT2D eigenvalue weighted by Crippen LogP contribution is 2.32. The smallest absolute Gasteiger partial charge is 0.0534 e. The van der Waals surface area contributed by atoms with E-state index in [-0.39, 0.29) is 5.54 Å². The predicted molar refractivity (Wildman–Crippen MR) is 75.6 cm³/mol. The van der Waals surface area contributed by atoms with E-state index in [4.69, 9.17) is 0 Å². The minimum atomic E-state index is 0.118. The van der Waals surface area contributed by atoms with Gasteiger partial charge >= 0.3 is 0 Å². The van der Waals surface area contributed by atoms with E-state index in [9.17, 15) is 0 Å². The molecule has 1 saturated carbocycles. The molecule has 1 saturated heterocycles. The van der Waals surface area contributed by atoms with Crippen molar-refractivity contribution >= 4 is 0 Å². The molecular formula is C16H24N2. The number of nitrogens with one attached hydrogen (secondary N) is 1. The third-order valence-corrected chi connectivity index (χ3v) is 4.33. The van der Waals surface area contributed by atoms with Gasteiger partial charge in [-0.05, 0) is 50.8 Å². The van der Waals surface area contributed by atoms with Crippen LogP contribution in [0.4, 0.5) is 0 Å². The van der Waals surface area contributed by atoms with E-state index in [1.807, 2.05) is 0 Å². The molecule has 0 bridgehead atoms. The molecule has 1 aromatic rings. The molecule has 2 fully saturated rings. The molecule has 2 aliphatic rings. The summed E-state index contributed by atoms with van der Waals surface area (Å²) in [5.41, 5.74) is 1.54. The van der Waals surface area contributed by atoms with Crippen LogP contribution in [0.15, 0.2) is 30.3 Å². The van der Waals surface area contributed by atoms with E-state index >= 15 is 0 Å². The standard InChI is InChI=1S/C16H24N2/c1-16(15-6-3-2-4-7-15)13-18(11-5-10-17-16)12-14-8-9-14/h2-4,6-7,14,17H,5,8-13H2,1H3. The fourth-order valence-electron chi connectivity index (χ4n) is 3.07. The van der Waals surface area contributed by atoms with Gasteiger partial charge in [0, 0.05) is 13.1 Å². The molecule has 1 N–H and O–H groups in total. The third kappa shape index (κ3) is 2.76. The second kappa shape index (κ2) is 5.02. The number of nitrogens with zero attached hydrogens (tertiary/aromatic N) is 1. The molecule has 2 nitrogen and oxygen atoms in total. The van der Waals surface area contributed by atoms with E-state index in [1.165, 1.54) is 37.9 Å². The van der Waals surface area contributed by atoms with E-state index in [2.05, 4.69) is 47.5 Å². The highest BCUT2D eigenvalue weighted by molar-refractivity contribution is 5.24. The van der Waals surface area contributed by atoms with Crippen molar-refractivity contribution in [2.24, 2.45) is 5.92 Å². The Kier molecular flexibility index (Phi) is 3.40. The lowest BCUT2D eigenvalue weighted by Gasteiger charge is -2.34. The van der Waals surface area contributed by atoms with Crippen molar-refractivity contribution in [3.63, 3.8) is 0 Å². The highest BCUT2D eigenvalue weighted by atomic mass is 15.2. The lowest BCUT2D eigenvalue weighted by molar-refractivity contribution is 0.213. The van der Waals surface area contributed by atoms with Crippen molar-refractivity contribution in [3.8, 4) is 0 Å². The molecule has 1 unspecified atom stereocenters.